The lowest BCUT2D eigenvalue weighted by atomic mass is 10.3. The minimum Gasteiger partial charge on any atom is -0.480 e. The first kappa shape index (κ1) is 13.3. The van der Waals surface area contributed by atoms with Crippen LogP contribution in [0.2, 0.25) is 5.02 Å². The normalized spacial score (nSPS) is 11.8. The first-order chi connectivity index (χ1) is 7.27. The van der Waals surface area contributed by atoms with Gasteiger partial charge in [0.2, 0.25) is 0 Å². The highest BCUT2D eigenvalue weighted by Crippen LogP contribution is 2.36. The summed E-state index contributed by atoms with van der Waals surface area (Å²) in [4.78, 5) is 10.4. The Kier molecular flexibility index (Phi) is 3.84. The third-order valence-corrected chi connectivity index (χ3v) is 2.60. The lowest BCUT2D eigenvalue weighted by Crippen LogP contribution is -2.14. The predicted molar refractivity (Wildman–Crippen MR) is 52.5 cm³/mol. The molecule has 0 aromatic carbocycles. The molecule has 0 saturated carbocycles. The summed E-state index contributed by atoms with van der Waals surface area (Å²) in [6.45, 7) is -0.670. The highest BCUT2D eigenvalue weighted by Gasteiger charge is 2.38. The maximum absolute atomic E-state index is 12.4. The summed E-state index contributed by atoms with van der Waals surface area (Å²) < 4.78 is 37.9. The number of alkyl halides is 4. The van der Waals surface area contributed by atoms with E-state index in [1.165, 1.54) is 0 Å². The Bertz CT molecular complexity index is 418. The average molecular weight is 321 g/mol. The molecular weight excluding hydrogens is 316 g/mol. The second-order valence-corrected chi connectivity index (χ2v) is 3.73. The van der Waals surface area contributed by atoms with Crippen LogP contribution in [0, 0.1) is 0 Å². The maximum atomic E-state index is 12.4. The van der Waals surface area contributed by atoms with Crippen LogP contribution >= 0.6 is 27.5 Å². The van der Waals surface area contributed by atoms with Crippen molar-refractivity contribution in [3.63, 3.8) is 0 Å². The zero-order valence-electron chi connectivity index (χ0n) is 7.55. The van der Waals surface area contributed by atoms with Crippen molar-refractivity contribution in [1.29, 1.82) is 0 Å². The Labute approximate surface area is 101 Å². The molecule has 9 heteroatoms. The van der Waals surface area contributed by atoms with Gasteiger partial charge < -0.3 is 5.11 Å². The monoisotopic (exact) mass is 320 g/mol. The number of aromatic nitrogens is 2. The summed E-state index contributed by atoms with van der Waals surface area (Å²) in [5.74, 6) is -1.30. The molecule has 0 atom stereocenters. The standard InChI is InChI=1S/C7H5BrClF3N2O2/c8-1-3-5(9)6(7(10,11)12)13-14(3)2-4(15)16/h1-2H2,(H,15,16). The summed E-state index contributed by atoms with van der Waals surface area (Å²) in [5.41, 5.74) is -1.29. The average Bonchev–Trinajstić information content (AvgIpc) is 2.40. The molecule has 1 aromatic rings. The van der Waals surface area contributed by atoms with Gasteiger partial charge in [0, 0.05) is 5.33 Å². The number of aliphatic carboxylic acids is 1. The second-order valence-electron chi connectivity index (χ2n) is 2.79. The molecule has 90 valence electrons. The zero-order chi connectivity index (χ0) is 12.5. The summed E-state index contributed by atoms with van der Waals surface area (Å²) in [6.07, 6.45) is -4.70. The van der Waals surface area contributed by atoms with Crippen molar-refractivity contribution in [2.75, 3.05) is 0 Å². The Morgan fingerprint density at radius 3 is 2.50 bits per heavy atom. The fraction of sp³-hybridized carbons (Fsp3) is 0.429. The number of halogens is 5. The molecule has 0 bridgehead atoms. The minimum atomic E-state index is -4.70. The molecule has 0 fully saturated rings. The Hall–Kier alpha value is -0.760. The Balaban J connectivity index is 3.25. The van der Waals surface area contributed by atoms with Gasteiger partial charge in [0.1, 0.15) is 6.54 Å². The van der Waals surface area contributed by atoms with Gasteiger partial charge in [0.25, 0.3) is 0 Å². The molecule has 0 aliphatic carbocycles. The van der Waals surface area contributed by atoms with Gasteiger partial charge in [-0.1, -0.05) is 27.5 Å². The van der Waals surface area contributed by atoms with E-state index in [-0.39, 0.29) is 11.0 Å². The van der Waals surface area contributed by atoms with Crippen molar-refractivity contribution in [1.82, 2.24) is 9.78 Å². The van der Waals surface area contributed by atoms with Gasteiger partial charge in [-0.25, -0.2) is 0 Å². The fourth-order valence-electron chi connectivity index (χ4n) is 1.04. The molecule has 0 radical (unpaired) electrons. The number of carboxylic acids is 1. The largest absolute Gasteiger partial charge is 0.480 e. The van der Waals surface area contributed by atoms with Gasteiger partial charge in [0.15, 0.2) is 5.69 Å². The van der Waals surface area contributed by atoms with Crippen molar-refractivity contribution in [3.8, 4) is 0 Å². The van der Waals surface area contributed by atoms with E-state index >= 15 is 0 Å². The summed E-state index contributed by atoms with van der Waals surface area (Å²) >= 11 is 8.40. The number of carbonyl (C=O) groups is 1. The molecule has 0 amide bonds. The third kappa shape index (κ3) is 2.67. The molecule has 1 aromatic heterocycles. The van der Waals surface area contributed by atoms with Crippen LogP contribution < -0.4 is 0 Å². The number of hydrogen-bond acceptors (Lipinski definition) is 2. The molecule has 1 N–H and O–H groups in total. The molecule has 0 aliphatic rings. The van der Waals surface area contributed by atoms with Crippen LogP contribution in [0.25, 0.3) is 0 Å². The molecule has 1 rings (SSSR count). The van der Waals surface area contributed by atoms with Gasteiger partial charge in [-0.2, -0.15) is 18.3 Å². The summed E-state index contributed by atoms with van der Waals surface area (Å²) in [6, 6.07) is 0. The van der Waals surface area contributed by atoms with Crippen LogP contribution in [0.4, 0.5) is 13.2 Å². The van der Waals surface area contributed by atoms with Crippen molar-refractivity contribution in [2.45, 2.75) is 18.1 Å². The topological polar surface area (TPSA) is 55.1 Å². The molecule has 0 saturated heterocycles. The molecule has 4 nitrogen and oxygen atoms in total. The van der Waals surface area contributed by atoms with E-state index in [1.807, 2.05) is 0 Å². The fourth-order valence-corrected chi connectivity index (χ4v) is 2.08. The van der Waals surface area contributed by atoms with E-state index in [9.17, 15) is 18.0 Å². The van der Waals surface area contributed by atoms with E-state index in [1.54, 1.807) is 0 Å². The summed E-state index contributed by atoms with van der Waals surface area (Å²) in [7, 11) is 0. The number of rotatable bonds is 3. The minimum absolute atomic E-state index is 0.0117. The van der Waals surface area contributed by atoms with Crippen molar-refractivity contribution in [3.05, 3.63) is 16.4 Å². The van der Waals surface area contributed by atoms with Crippen LogP contribution in [0.5, 0.6) is 0 Å². The second kappa shape index (κ2) is 4.62. The molecule has 16 heavy (non-hydrogen) atoms. The lowest BCUT2D eigenvalue weighted by Gasteiger charge is -2.01. The third-order valence-electron chi connectivity index (χ3n) is 1.67. The summed E-state index contributed by atoms with van der Waals surface area (Å²) in [5, 5.41) is 11.0. The van der Waals surface area contributed by atoms with E-state index in [2.05, 4.69) is 21.0 Å². The van der Waals surface area contributed by atoms with Crippen LogP contribution in [0.3, 0.4) is 0 Å². The van der Waals surface area contributed by atoms with E-state index in [4.69, 9.17) is 16.7 Å². The van der Waals surface area contributed by atoms with E-state index in [0.717, 1.165) is 0 Å². The lowest BCUT2D eigenvalue weighted by molar-refractivity contribution is -0.143. The Morgan fingerprint density at radius 2 is 2.12 bits per heavy atom. The van der Waals surface area contributed by atoms with E-state index in [0.29, 0.717) is 4.68 Å². The van der Waals surface area contributed by atoms with Gasteiger partial charge in [-0.15, -0.1) is 0 Å². The predicted octanol–water partition coefficient (Wildman–Crippen LogP) is 2.53. The highest BCUT2D eigenvalue weighted by molar-refractivity contribution is 9.08. The van der Waals surface area contributed by atoms with Crippen LogP contribution in [0.1, 0.15) is 11.4 Å². The van der Waals surface area contributed by atoms with Gasteiger partial charge in [0.05, 0.1) is 10.7 Å². The van der Waals surface area contributed by atoms with Gasteiger partial charge in [-0.05, 0) is 0 Å². The molecule has 0 aliphatic heterocycles. The van der Waals surface area contributed by atoms with Gasteiger partial charge >= 0.3 is 12.1 Å². The van der Waals surface area contributed by atoms with Gasteiger partial charge in [-0.3, -0.25) is 9.48 Å². The smallest absolute Gasteiger partial charge is 0.436 e. The van der Waals surface area contributed by atoms with Crippen LogP contribution in [-0.4, -0.2) is 20.9 Å². The highest BCUT2D eigenvalue weighted by atomic mass is 79.9. The zero-order valence-corrected chi connectivity index (χ0v) is 9.90. The quantitative estimate of drug-likeness (QED) is 0.871. The van der Waals surface area contributed by atoms with Crippen molar-refractivity contribution < 1.29 is 23.1 Å². The Morgan fingerprint density at radius 1 is 1.56 bits per heavy atom. The number of nitrogens with zero attached hydrogens (tertiary/aromatic N) is 2. The first-order valence-corrected chi connectivity index (χ1v) is 5.37. The van der Waals surface area contributed by atoms with Crippen LogP contribution in [-0.2, 0) is 22.8 Å². The van der Waals surface area contributed by atoms with E-state index < -0.39 is 29.4 Å². The van der Waals surface area contributed by atoms with Crippen LogP contribution in [0.15, 0.2) is 0 Å². The molecular formula is C7H5BrClF3N2O2. The first-order valence-electron chi connectivity index (χ1n) is 3.87. The van der Waals surface area contributed by atoms with Crippen molar-refractivity contribution >= 4 is 33.5 Å². The number of hydrogen-bond donors (Lipinski definition) is 1. The SMILES string of the molecule is O=C(O)Cn1nc(C(F)(F)F)c(Cl)c1CBr. The molecule has 0 spiro atoms. The van der Waals surface area contributed by atoms with Crippen molar-refractivity contribution in [2.24, 2.45) is 0 Å². The molecule has 0 unspecified atom stereocenters. The molecule has 1 heterocycles. The number of carboxylic acid groups (broad SMARTS) is 1. The maximum Gasteiger partial charge on any atom is 0.436 e.